The molecule has 0 saturated heterocycles. The van der Waals surface area contributed by atoms with Gasteiger partial charge in [0.15, 0.2) is 0 Å². The first-order chi connectivity index (χ1) is 11.4. The summed E-state index contributed by atoms with van der Waals surface area (Å²) in [5.41, 5.74) is 0.809. The molecule has 0 bridgehead atoms. The number of ether oxygens (including phenoxy) is 2. The fraction of sp³-hybridized carbons (Fsp3) is 0.188. The highest BCUT2D eigenvalue weighted by Crippen LogP contribution is 2.20. The van der Waals surface area contributed by atoms with Crippen molar-refractivity contribution in [1.82, 2.24) is 0 Å². The number of nitrogens with one attached hydrogen (secondary N) is 1. The van der Waals surface area contributed by atoms with Crippen LogP contribution in [0.4, 0.5) is 5.69 Å². The second-order valence-corrected chi connectivity index (χ2v) is 6.42. The highest BCUT2D eigenvalue weighted by molar-refractivity contribution is 7.89. The van der Waals surface area contributed by atoms with Gasteiger partial charge in [-0.25, -0.2) is 13.6 Å². The van der Waals surface area contributed by atoms with Gasteiger partial charge >= 0.3 is 0 Å². The third kappa shape index (κ3) is 4.79. The van der Waals surface area contributed by atoms with Crippen molar-refractivity contribution in [1.29, 1.82) is 0 Å². The smallest absolute Gasteiger partial charge is 0.259 e. The van der Waals surface area contributed by atoms with Crippen LogP contribution in [0.25, 0.3) is 0 Å². The Morgan fingerprint density at radius 2 is 1.75 bits per heavy atom. The van der Waals surface area contributed by atoms with E-state index in [4.69, 9.17) is 14.6 Å². The molecule has 0 fully saturated rings. The molecule has 7 nitrogen and oxygen atoms in total. The van der Waals surface area contributed by atoms with Gasteiger partial charge in [0.2, 0.25) is 10.0 Å². The summed E-state index contributed by atoms with van der Waals surface area (Å²) in [5, 5.41) is 7.72. The first-order valence-corrected chi connectivity index (χ1v) is 8.61. The predicted octanol–water partition coefficient (Wildman–Crippen LogP) is 1.61. The zero-order valence-corrected chi connectivity index (χ0v) is 13.9. The fourth-order valence-electron chi connectivity index (χ4n) is 1.94. The molecular weight excluding hydrogens is 332 g/mol. The van der Waals surface area contributed by atoms with Crippen molar-refractivity contribution in [3.8, 4) is 5.75 Å². The van der Waals surface area contributed by atoms with Crippen molar-refractivity contribution in [3.63, 3.8) is 0 Å². The van der Waals surface area contributed by atoms with Crippen molar-refractivity contribution in [2.24, 2.45) is 5.14 Å². The van der Waals surface area contributed by atoms with E-state index >= 15 is 0 Å². The summed E-state index contributed by atoms with van der Waals surface area (Å²) in [7, 11) is -2.20. The number of para-hydroxylation sites is 1. The van der Waals surface area contributed by atoms with Crippen LogP contribution in [0, 0.1) is 0 Å². The number of carbonyl (C=O) groups is 1. The Morgan fingerprint density at radius 3 is 2.38 bits per heavy atom. The van der Waals surface area contributed by atoms with Crippen LogP contribution < -0.4 is 15.2 Å². The van der Waals surface area contributed by atoms with E-state index in [2.05, 4.69) is 5.32 Å². The van der Waals surface area contributed by atoms with Gasteiger partial charge in [0.1, 0.15) is 12.4 Å². The third-order valence-corrected chi connectivity index (χ3v) is 4.05. The number of sulfonamides is 1. The summed E-state index contributed by atoms with van der Waals surface area (Å²) in [6, 6.07) is 12.4. The van der Waals surface area contributed by atoms with Gasteiger partial charge in [-0.15, -0.1) is 0 Å². The first-order valence-electron chi connectivity index (χ1n) is 7.07. The summed E-state index contributed by atoms with van der Waals surface area (Å²) in [5.74, 6) is 0.0691. The maximum absolute atomic E-state index is 12.4. The quantitative estimate of drug-likeness (QED) is 0.738. The summed E-state index contributed by atoms with van der Waals surface area (Å²) in [6.07, 6.45) is 0. The zero-order chi connectivity index (χ0) is 17.6. The lowest BCUT2D eigenvalue weighted by molar-refractivity contribution is 0.101. The van der Waals surface area contributed by atoms with Crippen molar-refractivity contribution in [2.45, 2.75) is 4.90 Å². The van der Waals surface area contributed by atoms with Gasteiger partial charge in [0.25, 0.3) is 5.91 Å². The summed E-state index contributed by atoms with van der Waals surface area (Å²) in [4.78, 5) is 12.4. The standard InChI is InChI=1S/C16H18N2O5S/c1-22-10-11-23-15-5-3-2-4-14(15)16(19)18-12-6-8-13(9-7-12)24(17,20)21/h2-9H,10-11H2,1H3,(H,18,19)(H2,17,20,21). The fourth-order valence-corrected chi connectivity index (χ4v) is 2.46. The van der Waals surface area contributed by atoms with Crippen LogP contribution in [-0.4, -0.2) is 34.6 Å². The molecule has 128 valence electrons. The van der Waals surface area contributed by atoms with E-state index < -0.39 is 10.0 Å². The topological polar surface area (TPSA) is 108 Å². The molecule has 0 radical (unpaired) electrons. The molecule has 0 aliphatic carbocycles. The molecule has 2 aromatic carbocycles. The number of hydrogen-bond acceptors (Lipinski definition) is 5. The maximum atomic E-state index is 12.4. The molecule has 0 aliphatic heterocycles. The molecule has 3 N–H and O–H groups in total. The molecule has 8 heteroatoms. The van der Waals surface area contributed by atoms with Gasteiger partial charge in [0.05, 0.1) is 17.1 Å². The molecule has 0 atom stereocenters. The van der Waals surface area contributed by atoms with Crippen molar-refractivity contribution in [2.75, 3.05) is 25.6 Å². The Bertz CT molecular complexity index is 803. The lowest BCUT2D eigenvalue weighted by Crippen LogP contribution is -2.15. The number of nitrogens with two attached hydrogens (primary N) is 1. The molecule has 0 aliphatic rings. The molecule has 0 aromatic heterocycles. The van der Waals surface area contributed by atoms with E-state index in [9.17, 15) is 13.2 Å². The van der Waals surface area contributed by atoms with Crippen LogP contribution in [0.15, 0.2) is 53.4 Å². The second kappa shape index (κ2) is 7.91. The normalized spacial score (nSPS) is 11.1. The molecule has 0 spiro atoms. The van der Waals surface area contributed by atoms with E-state index in [-0.39, 0.29) is 10.8 Å². The number of hydrogen-bond donors (Lipinski definition) is 2. The van der Waals surface area contributed by atoms with Crippen LogP contribution in [0.1, 0.15) is 10.4 Å². The van der Waals surface area contributed by atoms with Crippen molar-refractivity contribution < 1.29 is 22.7 Å². The SMILES string of the molecule is COCCOc1ccccc1C(=O)Nc1ccc(S(N)(=O)=O)cc1. The maximum Gasteiger partial charge on any atom is 0.259 e. The second-order valence-electron chi connectivity index (χ2n) is 4.86. The average Bonchev–Trinajstić information content (AvgIpc) is 2.55. The minimum atomic E-state index is -3.76. The highest BCUT2D eigenvalue weighted by Gasteiger charge is 2.13. The number of primary sulfonamides is 1. The van der Waals surface area contributed by atoms with E-state index in [0.29, 0.717) is 30.2 Å². The van der Waals surface area contributed by atoms with E-state index in [1.807, 2.05) is 0 Å². The minimum Gasteiger partial charge on any atom is -0.490 e. The number of benzene rings is 2. The van der Waals surface area contributed by atoms with Crippen molar-refractivity contribution >= 4 is 21.6 Å². The first kappa shape index (κ1) is 17.9. The van der Waals surface area contributed by atoms with Gasteiger partial charge in [-0.3, -0.25) is 4.79 Å². The van der Waals surface area contributed by atoms with E-state index in [0.717, 1.165) is 0 Å². The summed E-state index contributed by atoms with van der Waals surface area (Å²) in [6.45, 7) is 0.731. The number of methoxy groups -OCH3 is 1. The highest BCUT2D eigenvalue weighted by atomic mass is 32.2. The van der Waals surface area contributed by atoms with Gasteiger partial charge in [-0.2, -0.15) is 0 Å². The molecule has 0 heterocycles. The van der Waals surface area contributed by atoms with Gasteiger partial charge in [-0.05, 0) is 36.4 Å². The van der Waals surface area contributed by atoms with E-state index in [1.165, 1.54) is 24.3 Å². The van der Waals surface area contributed by atoms with Crippen LogP contribution in [0.5, 0.6) is 5.75 Å². The summed E-state index contributed by atoms with van der Waals surface area (Å²) < 4.78 is 32.9. The molecule has 24 heavy (non-hydrogen) atoms. The molecular formula is C16H18N2O5S. The van der Waals surface area contributed by atoms with Gasteiger partial charge in [-0.1, -0.05) is 12.1 Å². The largest absolute Gasteiger partial charge is 0.490 e. The Hall–Kier alpha value is -2.42. The Labute approximate surface area is 140 Å². The molecule has 0 unspecified atom stereocenters. The third-order valence-electron chi connectivity index (χ3n) is 3.12. The monoisotopic (exact) mass is 350 g/mol. The summed E-state index contributed by atoms with van der Waals surface area (Å²) >= 11 is 0. The average molecular weight is 350 g/mol. The van der Waals surface area contributed by atoms with Crippen LogP contribution >= 0.6 is 0 Å². The minimum absolute atomic E-state index is 0.0243. The zero-order valence-electron chi connectivity index (χ0n) is 13.1. The lowest BCUT2D eigenvalue weighted by Gasteiger charge is -2.11. The Kier molecular flexibility index (Phi) is 5.91. The Balaban J connectivity index is 2.12. The number of rotatable bonds is 7. The molecule has 2 aromatic rings. The van der Waals surface area contributed by atoms with Gasteiger partial charge in [0, 0.05) is 12.8 Å². The van der Waals surface area contributed by atoms with E-state index in [1.54, 1.807) is 31.4 Å². The number of anilines is 1. The predicted molar refractivity (Wildman–Crippen MR) is 89.6 cm³/mol. The van der Waals surface area contributed by atoms with Crippen LogP contribution in [0.2, 0.25) is 0 Å². The van der Waals surface area contributed by atoms with Crippen LogP contribution in [0.3, 0.4) is 0 Å². The lowest BCUT2D eigenvalue weighted by atomic mass is 10.2. The molecule has 1 amide bonds. The number of carbonyl (C=O) groups excluding carboxylic acids is 1. The molecule has 0 saturated carbocycles. The van der Waals surface area contributed by atoms with Crippen LogP contribution in [-0.2, 0) is 14.8 Å². The molecule has 2 rings (SSSR count). The number of amides is 1. The van der Waals surface area contributed by atoms with Gasteiger partial charge < -0.3 is 14.8 Å². The van der Waals surface area contributed by atoms with Crippen molar-refractivity contribution in [3.05, 3.63) is 54.1 Å². The Morgan fingerprint density at radius 1 is 1.08 bits per heavy atom.